The van der Waals surface area contributed by atoms with Gasteiger partial charge >= 0.3 is 11.9 Å². The van der Waals surface area contributed by atoms with Gasteiger partial charge in [-0.1, -0.05) is 36.4 Å². The minimum atomic E-state index is -0.826. The number of nitrogens with one attached hydrogen (secondary N) is 4. The third-order valence-electron chi connectivity index (χ3n) is 5.49. The van der Waals surface area contributed by atoms with Gasteiger partial charge in [0.15, 0.2) is 0 Å². The Morgan fingerprint density at radius 3 is 1.47 bits per heavy atom. The van der Waals surface area contributed by atoms with Crippen molar-refractivity contribution >= 4 is 33.7 Å². The van der Waals surface area contributed by atoms with Crippen LogP contribution in [0.1, 0.15) is 11.1 Å². The lowest BCUT2D eigenvalue weighted by Crippen LogP contribution is -2.35. The van der Waals surface area contributed by atoms with Gasteiger partial charge in [0.1, 0.15) is 12.1 Å². The molecule has 0 aliphatic rings. The number of carboxylic acids is 2. The van der Waals surface area contributed by atoms with Gasteiger partial charge in [0.05, 0.1) is 0 Å². The molecule has 6 N–H and O–H groups in total. The van der Waals surface area contributed by atoms with Crippen LogP contribution in [-0.4, -0.2) is 58.3 Å². The number of fused-ring (bicyclic) bond motifs is 2. The Hall–Kier alpha value is -3.62. The molecule has 0 saturated heterocycles. The van der Waals surface area contributed by atoms with Gasteiger partial charge in [-0.25, -0.2) is 0 Å². The fourth-order valence-electron chi connectivity index (χ4n) is 3.67. The van der Waals surface area contributed by atoms with Crippen LogP contribution >= 0.6 is 0 Å². The molecule has 32 heavy (non-hydrogen) atoms. The number of para-hydroxylation sites is 2. The molecule has 0 saturated carbocycles. The molecule has 2 heterocycles. The Kier molecular flexibility index (Phi) is 7.64. The van der Waals surface area contributed by atoms with E-state index in [2.05, 4.69) is 20.6 Å². The molecular formula is C24H28N4O4. The second-order valence-electron chi connectivity index (χ2n) is 7.49. The van der Waals surface area contributed by atoms with E-state index in [1.54, 1.807) is 14.1 Å². The van der Waals surface area contributed by atoms with Crippen molar-refractivity contribution < 1.29 is 19.8 Å². The monoisotopic (exact) mass is 436 g/mol. The number of carboxylic acid groups (broad SMARTS) is 2. The molecule has 4 aromatic rings. The molecule has 8 heteroatoms. The van der Waals surface area contributed by atoms with Crippen molar-refractivity contribution in [1.82, 2.24) is 20.6 Å². The standard InChI is InChI=1S/2C12H14N2O2/c2*1-13-11(12(15)16)6-8-7-14-10-5-3-2-4-9(8)10/h2*2-5,7,11,13-14H,6H2,1H3,(H,15,16)/t2*11-/m00/s1. The molecule has 0 spiro atoms. The maximum absolute atomic E-state index is 10.9. The van der Waals surface area contributed by atoms with E-state index < -0.39 is 24.0 Å². The van der Waals surface area contributed by atoms with Crippen LogP contribution in [0.4, 0.5) is 0 Å². The molecule has 4 rings (SSSR count). The molecule has 0 fully saturated rings. The first-order chi connectivity index (χ1) is 15.4. The predicted octanol–water partition coefficient (Wildman–Crippen LogP) is 2.77. The number of rotatable bonds is 8. The van der Waals surface area contributed by atoms with E-state index in [9.17, 15) is 9.59 Å². The van der Waals surface area contributed by atoms with Crippen LogP contribution in [-0.2, 0) is 22.4 Å². The zero-order valence-electron chi connectivity index (χ0n) is 18.1. The van der Waals surface area contributed by atoms with Gasteiger partial charge in [-0.05, 0) is 37.4 Å². The molecule has 168 valence electrons. The largest absolute Gasteiger partial charge is 0.480 e. The van der Waals surface area contributed by atoms with Crippen molar-refractivity contribution in [2.75, 3.05) is 14.1 Å². The van der Waals surface area contributed by atoms with E-state index >= 15 is 0 Å². The fourth-order valence-corrected chi connectivity index (χ4v) is 3.67. The lowest BCUT2D eigenvalue weighted by Gasteiger charge is -2.09. The molecule has 2 atom stereocenters. The highest BCUT2D eigenvalue weighted by Crippen LogP contribution is 2.20. The van der Waals surface area contributed by atoms with Crippen molar-refractivity contribution in [2.45, 2.75) is 24.9 Å². The van der Waals surface area contributed by atoms with Gasteiger partial charge < -0.3 is 30.8 Å². The van der Waals surface area contributed by atoms with Crippen LogP contribution < -0.4 is 10.6 Å². The molecule has 0 aliphatic heterocycles. The highest BCUT2D eigenvalue weighted by Gasteiger charge is 2.18. The first-order valence-corrected chi connectivity index (χ1v) is 10.3. The van der Waals surface area contributed by atoms with Crippen molar-refractivity contribution in [1.29, 1.82) is 0 Å². The molecule has 0 bridgehead atoms. The normalized spacial score (nSPS) is 12.8. The Morgan fingerprint density at radius 2 is 1.12 bits per heavy atom. The number of aromatic amines is 2. The van der Waals surface area contributed by atoms with E-state index in [-0.39, 0.29) is 0 Å². The maximum Gasteiger partial charge on any atom is 0.321 e. The van der Waals surface area contributed by atoms with Gasteiger partial charge in [-0.3, -0.25) is 9.59 Å². The molecule has 2 aromatic heterocycles. The Balaban J connectivity index is 0.000000181. The van der Waals surface area contributed by atoms with E-state index in [0.717, 1.165) is 32.9 Å². The fraction of sp³-hybridized carbons (Fsp3) is 0.250. The number of aliphatic carboxylic acids is 2. The zero-order chi connectivity index (χ0) is 23.1. The Labute approximate surface area is 185 Å². The van der Waals surface area contributed by atoms with Gasteiger partial charge in [0, 0.05) is 47.0 Å². The molecule has 0 aliphatic carbocycles. The van der Waals surface area contributed by atoms with Crippen molar-refractivity contribution in [2.24, 2.45) is 0 Å². The number of H-pyrrole nitrogens is 2. The summed E-state index contributed by atoms with van der Waals surface area (Å²) in [6, 6.07) is 14.7. The average molecular weight is 437 g/mol. The number of hydrogen-bond donors (Lipinski definition) is 6. The summed E-state index contributed by atoms with van der Waals surface area (Å²) in [7, 11) is 3.32. The van der Waals surface area contributed by atoms with Gasteiger partial charge in [-0.15, -0.1) is 0 Å². The molecule has 2 aromatic carbocycles. The smallest absolute Gasteiger partial charge is 0.321 e. The summed E-state index contributed by atoms with van der Waals surface area (Å²) >= 11 is 0. The van der Waals surface area contributed by atoms with E-state index in [4.69, 9.17) is 10.2 Å². The van der Waals surface area contributed by atoms with E-state index in [0.29, 0.717) is 12.8 Å². The maximum atomic E-state index is 10.9. The van der Waals surface area contributed by atoms with Crippen LogP contribution in [0.5, 0.6) is 0 Å². The van der Waals surface area contributed by atoms with Crippen molar-refractivity contribution in [3.63, 3.8) is 0 Å². The SMILES string of the molecule is CN[C@@H](Cc1c[nH]c2ccccc12)C(=O)O.CN[C@@H](Cc1c[nH]c2ccccc12)C(=O)O. The second-order valence-corrected chi connectivity index (χ2v) is 7.49. The summed E-state index contributed by atoms with van der Waals surface area (Å²) < 4.78 is 0. The lowest BCUT2D eigenvalue weighted by molar-refractivity contribution is -0.140. The van der Waals surface area contributed by atoms with Gasteiger partial charge in [0.2, 0.25) is 0 Å². The van der Waals surface area contributed by atoms with Gasteiger partial charge in [0.25, 0.3) is 0 Å². The summed E-state index contributed by atoms with van der Waals surface area (Å²) in [5.74, 6) is -1.65. The van der Waals surface area contributed by atoms with Crippen LogP contribution in [0.3, 0.4) is 0 Å². The second kappa shape index (κ2) is 10.6. The van der Waals surface area contributed by atoms with Crippen LogP contribution in [0.15, 0.2) is 60.9 Å². The quantitative estimate of drug-likeness (QED) is 0.252. The number of likely N-dealkylation sites (N-methyl/N-ethyl adjacent to an activating group) is 2. The number of carbonyl (C=O) groups is 2. The van der Waals surface area contributed by atoms with Crippen molar-refractivity contribution in [3.8, 4) is 0 Å². The van der Waals surface area contributed by atoms with Crippen LogP contribution in [0, 0.1) is 0 Å². The number of benzene rings is 2. The first kappa shape index (κ1) is 23.1. The Bertz CT molecular complexity index is 1100. The number of hydrogen-bond acceptors (Lipinski definition) is 4. The number of aromatic nitrogens is 2. The molecule has 8 nitrogen and oxygen atoms in total. The third kappa shape index (κ3) is 5.35. The van der Waals surface area contributed by atoms with Gasteiger partial charge in [-0.2, -0.15) is 0 Å². The lowest BCUT2D eigenvalue weighted by atomic mass is 10.1. The highest BCUT2D eigenvalue weighted by atomic mass is 16.4. The molecule has 0 amide bonds. The zero-order valence-corrected chi connectivity index (χ0v) is 18.1. The molecule has 0 radical (unpaired) electrons. The summed E-state index contributed by atoms with van der Waals surface area (Å²) in [5.41, 5.74) is 4.13. The van der Waals surface area contributed by atoms with Crippen LogP contribution in [0.2, 0.25) is 0 Å². The summed E-state index contributed by atoms with van der Waals surface area (Å²) in [6.07, 6.45) is 4.71. The predicted molar refractivity (Wildman–Crippen MR) is 125 cm³/mol. The molecule has 0 unspecified atom stereocenters. The summed E-state index contributed by atoms with van der Waals surface area (Å²) in [5, 5.41) is 25.7. The first-order valence-electron chi connectivity index (χ1n) is 10.3. The average Bonchev–Trinajstić information content (AvgIpc) is 3.40. The third-order valence-corrected chi connectivity index (χ3v) is 5.49. The molecular weight excluding hydrogens is 408 g/mol. The Morgan fingerprint density at radius 1 is 0.750 bits per heavy atom. The highest BCUT2D eigenvalue weighted by molar-refractivity contribution is 5.85. The minimum Gasteiger partial charge on any atom is -0.480 e. The van der Waals surface area contributed by atoms with Crippen molar-refractivity contribution in [3.05, 3.63) is 72.1 Å². The topological polar surface area (TPSA) is 130 Å². The van der Waals surface area contributed by atoms with Crippen LogP contribution in [0.25, 0.3) is 21.8 Å². The summed E-state index contributed by atoms with van der Waals surface area (Å²) in [6.45, 7) is 0. The summed E-state index contributed by atoms with van der Waals surface area (Å²) in [4.78, 5) is 28.1. The van der Waals surface area contributed by atoms with E-state index in [1.807, 2.05) is 60.9 Å². The van der Waals surface area contributed by atoms with E-state index in [1.165, 1.54) is 0 Å². The minimum absolute atomic E-state index is 0.482.